The standard InChI is InChI=1S/C21H22/c1-20(2)13-21(3,4)19-17-10-9-14-7-5-6-8-15(14)16(17)11-12-18(19)20/h5-12H,13H2,1-4H3. The summed E-state index contributed by atoms with van der Waals surface area (Å²) in [6, 6.07) is 18.0. The summed E-state index contributed by atoms with van der Waals surface area (Å²) in [5.74, 6) is 0. The molecule has 106 valence electrons. The van der Waals surface area contributed by atoms with Crippen LogP contribution in [0.4, 0.5) is 0 Å². The summed E-state index contributed by atoms with van der Waals surface area (Å²) in [6.45, 7) is 9.56. The molecule has 1 aliphatic rings. The minimum atomic E-state index is 0.251. The van der Waals surface area contributed by atoms with Crippen LogP contribution >= 0.6 is 0 Å². The zero-order valence-electron chi connectivity index (χ0n) is 13.3. The van der Waals surface area contributed by atoms with Crippen LogP contribution in [0.1, 0.15) is 45.2 Å². The summed E-state index contributed by atoms with van der Waals surface area (Å²) in [4.78, 5) is 0. The maximum atomic E-state index is 2.40. The minimum absolute atomic E-state index is 0.251. The van der Waals surface area contributed by atoms with Crippen molar-refractivity contribution >= 4 is 21.5 Å². The van der Waals surface area contributed by atoms with E-state index in [1.165, 1.54) is 33.5 Å². The van der Waals surface area contributed by atoms with Crippen molar-refractivity contribution in [3.8, 4) is 0 Å². The van der Waals surface area contributed by atoms with Crippen LogP contribution in [0, 0.1) is 0 Å². The van der Waals surface area contributed by atoms with Crippen molar-refractivity contribution in [3.05, 3.63) is 59.7 Å². The van der Waals surface area contributed by atoms with Crippen molar-refractivity contribution < 1.29 is 0 Å². The quantitative estimate of drug-likeness (QED) is 0.444. The predicted molar refractivity (Wildman–Crippen MR) is 92.1 cm³/mol. The van der Waals surface area contributed by atoms with Gasteiger partial charge in [0.05, 0.1) is 0 Å². The van der Waals surface area contributed by atoms with E-state index >= 15 is 0 Å². The van der Waals surface area contributed by atoms with Crippen molar-refractivity contribution in [2.75, 3.05) is 0 Å². The van der Waals surface area contributed by atoms with Gasteiger partial charge in [-0.15, -0.1) is 0 Å². The Hall–Kier alpha value is -1.82. The SMILES string of the molecule is CC1(C)CC(C)(C)c2c1ccc1c2ccc2ccccc21. The van der Waals surface area contributed by atoms with E-state index in [1.807, 2.05) is 0 Å². The van der Waals surface area contributed by atoms with Gasteiger partial charge in [0.2, 0.25) is 0 Å². The largest absolute Gasteiger partial charge is 0.0616 e. The summed E-state index contributed by atoms with van der Waals surface area (Å²) < 4.78 is 0. The van der Waals surface area contributed by atoms with Gasteiger partial charge in [0, 0.05) is 0 Å². The summed E-state index contributed by atoms with van der Waals surface area (Å²) in [7, 11) is 0. The van der Waals surface area contributed by atoms with Crippen LogP contribution in [0.25, 0.3) is 21.5 Å². The van der Waals surface area contributed by atoms with Gasteiger partial charge in [-0.1, -0.05) is 76.2 Å². The number of rotatable bonds is 0. The molecule has 0 aromatic heterocycles. The molecule has 0 radical (unpaired) electrons. The van der Waals surface area contributed by atoms with E-state index in [4.69, 9.17) is 0 Å². The highest BCUT2D eigenvalue weighted by Gasteiger charge is 2.42. The molecule has 4 rings (SSSR count). The van der Waals surface area contributed by atoms with Crippen molar-refractivity contribution in [3.63, 3.8) is 0 Å². The molecular weight excluding hydrogens is 252 g/mol. The fourth-order valence-electron chi connectivity index (χ4n) is 4.67. The molecule has 0 nitrogen and oxygen atoms in total. The van der Waals surface area contributed by atoms with Gasteiger partial charge < -0.3 is 0 Å². The first-order valence-corrected chi connectivity index (χ1v) is 7.86. The Morgan fingerprint density at radius 2 is 1.38 bits per heavy atom. The van der Waals surface area contributed by atoms with E-state index in [1.54, 1.807) is 5.56 Å². The third-order valence-electron chi connectivity index (χ3n) is 5.22. The molecule has 3 aromatic carbocycles. The third-order valence-corrected chi connectivity index (χ3v) is 5.22. The maximum Gasteiger partial charge on any atom is -0.00862 e. The zero-order valence-corrected chi connectivity index (χ0v) is 13.3. The molecule has 21 heavy (non-hydrogen) atoms. The molecule has 0 saturated carbocycles. The Morgan fingerprint density at radius 3 is 2.19 bits per heavy atom. The van der Waals surface area contributed by atoms with E-state index in [9.17, 15) is 0 Å². The van der Waals surface area contributed by atoms with Gasteiger partial charge in [-0.2, -0.15) is 0 Å². The molecule has 3 aromatic rings. The molecule has 0 amide bonds. The van der Waals surface area contributed by atoms with E-state index in [0.717, 1.165) is 0 Å². The molecular formula is C21H22. The summed E-state index contributed by atoms with van der Waals surface area (Å²) in [6.07, 6.45) is 1.22. The van der Waals surface area contributed by atoms with Crippen LogP contribution in [0.3, 0.4) is 0 Å². The first-order chi connectivity index (χ1) is 9.90. The highest BCUT2D eigenvalue weighted by molar-refractivity contribution is 6.09. The smallest absolute Gasteiger partial charge is 0.00862 e. The van der Waals surface area contributed by atoms with Gasteiger partial charge >= 0.3 is 0 Å². The number of hydrogen-bond donors (Lipinski definition) is 0. The lowest BCUT2D eigenvalue weighted by atomic mass is 9.81. The molecule has 0 unspecified atom stereocenters. The highest BCUT2D eigenvalue weighted by atomic mass is 14.5. The molecule has 0 saturated heterocycles. The van der Waals surface area contributed by atoms with Gasteiger partial charge in [-0.25, -0.2) is 0 Å². The molecule has 0 bridgehead atoms. The number of benzene rings is 3. The molecule has 0 heteroatoms. The lowest BCUT2D eigenvalue weighted by Gasteiger charge is -2.23. The Labute approximate surface area is 126 Å². The Morgan fingerprint density at radius 1 is 0.667 bits per heavy atom. The molecule has 1 aliphatic carbocycles. The lowest BCUT2D eigenvalue weighted by Crippen LogP contribution is -2.18. The second kappa shape index (κ2) is 3.88. The van der Waals surface area contributed by atoms with Gasteiger partial charge in [0.1, 0.15) is 0 Å². The third kappa shape index (κ3) is 1.68. The summed E-state index contributed by atoms with van der Waals surface area (Å²) in [5.41, 5.74) is 3.63. The van der Waals surface area contributed by atoms with Crippen molar-refractivity contribution in [1.29, 1.82) is 0 Å². The van der Waals surface area contributed by atoms with Gasteiger partial charge in [-0.3, -0.25) is 0 Å². The van der Waals surface area contributed by atoms with Crippen LogP contribution in [0.15, 0.2) is 48.5 Å². The number of hydrogen-bond acceptors (Lipinski definition) is 0. The van der Waals surface area contributed by atoms with Gasteiger partial charge in [0.25, 0.3) is 0 Å². The molecule has 0 heterocycles. The second-order valence-electron chi connectivity index (χ2n) is 7.81. The van der Waals surface area contributed by atoms with Crippen LogP contribution in [0.2, 0.25) is 0 Å². The Kier molecular flexibility index (Phi) is 2.38. The Bertz CT molecular complexity index is 866. The average Bonchev–Trinajstić information content (AvgIpc) is 2.63. The van der Waals surface area contributed by atoms with Crippen LogP contribution in [0.5, 0.6) is 0 Å². The van der Waals surface area contributed by atoms with Crippen molar-refractivity contribution in [1.82, 2.24) is 0 Å². The monoisotopic (exact) mass is 274 g/mol. The fraction of sp³-hybridized carbons (Fsp3) is 0.333. The topological polar surface area (TPSA) is 0 Å². The first kappa shape index (κ1) is 12.9. The van der Waals surface area contributed by atoms with Crippen molar-refractivity contribution in [2.24, 2.45) is 0 Å². The van der Waals surface area contributed by atoms with Crippen LogP contribution in [-0.2, 0) is 10.8 Å². The van der Waals surface area contributed by atoms with E-state index in [2.05, 4.69) is 76.2 Å². The minimum Gasteiger partial charge on any atom is -0.0616 e. The average molecular weight is 274 g/mol. The van der Waals surface area contributed by atoms with E-state index < -0.39 is 0 Å². The first-order valence-electron chi connectivity index (χ1n) is 7.86. The molecule has 0 fully saturated rings. The predicted octanol–water partition coefficient (Wildman–Crippen LogP) is 5.95. The molecule has 0 spiro atoms. The lowest BCUT2D eigenvalue weighted by molar-refractivity contribution is 0.404. The number of fused-ring (bicyclic) bond motifs is 5. The maximum absolute atomic E-state index is 2.40. The van der Waals surface area contributed by atoms with Gasteiger partial charge in [0.15, 0.2) is 0 Å². The van der Waals surface area contributed by atoms with E-state index in [-0.39, 0.29) is 10.8 Å². The second-order valence-corrected chi connectivity index (χ2v) is 7.81. The summed E-state index contributed by atoms with van der Waals surface area (Å²) in [5, 5.41) is 5.55. The van der Waals surface area contributed by atoms with Crippen LogP contribution < -0.4 is 0 Å². The molecule has 0 aliphatic heterocycles. The summed E-state index contributed by atoms with van der Waals surface area (Å²) >= 11 is 0. The van der Waals surface area contributed by atoms with Crippen molar-refractivity contribution in [2.45, 2.75) is 44.9 Å². The molecule has 0 atom stereocenters. The van der Waals surface area contributed by atoms with E-state index in [0.29, 0.717) is 0 Å². The normalized spacial score (nSPS) is 19.0. The fourth-order valence-corrected chi connectivity index (χ4v) is 4.67. The van der Waals surface area contributed by atoms with Gasteiger partial charge in [-0.05, 0) is 49.9 Å². The van der Waals surface area contributed by atoms with Crippen LogP contribution in [-0.4, -0.2) is 0 Å². The highest BCUT2D eigenvalue weighted by Crippen LogP contribution is 2.52. The Balaban J connectivity index is 2.19. The zero-order chi connectivity index (χ0) is 14.8. The molecule has 0 N–H and O–H groups in total.